The molecular formula is C14H18O3. The summed E-state index contributed by atoms with van der Waals surface area (Å²) in [5, 5.41) is 8.56. The number of hydrogen-bond donors (Lipinski definition) is 1. The lowest BCUT2D eigenvalue weighted by Crippen LogP contribution is -1.99. The SMILES string of the molecule is COCCCCOc1ccc(C#CCO)cc1. The predicted molar refractivity (Wildman–Crippen MR) is 67.0 cm³/mol. The Morgan fingerprint density at radius 2 is 1.82 bits per heavy atom. The third-order valence-corrected chi connectivity index (χ3v) is 2.18. The maximum Gasteiger partial charge on any atom is 0.119 e. The van der Waals surface area contributed by atoms with Crippen LogP contribution in [0.25, 0.3) is 0 Å². The van der Waals surface area contributed by atoms with Crippen LogP contribution < -0.4 is 4.74 Å². The second-order valence-electron chi connectivity index (χ2n) is 3.53. The maximum atomic E-state index is 8.56. The molecule has 1 aromatic carbocycles. The van der Waals surface area contributed by atoms with Gasteiger partial charge in [0.2, 0.25) is 0 Å². The van der Waals surface area contributed by atoms with Gasteiger partial charge in [-0.25, -0.2) is 0 Å². The van der Waals surface area contributed by atoms with Gasteiger partial charge in [0, 0.05) is 19.3 Å². The van der Waals surface area contributed by atoms with E-state index >= 15 is 0 Å². The van der Waals surface area contributed by atoms with Crippen molar-refractivity contribution in [1.82, 2.24) is 0 Å². The summed E-state index contributed by atoms with van der Waals surface area (Å²) in [7, 11) is 1.70. The Labute approximate surface area is 102 Å². The van der Waals surface area contributed by atoms with E-state index in [1.54, 1.807) is 7.11 Å². The number of aliphatic hydroxyl groups is 1. The van der Waals surface area contributed by atoms with Crippen molar-refractivity contribution >= 4 is 0 Å². The molecule has 3 nitrogen and oxygen atoms in total. The van der Waals surface area contributed by atoms with Gasteiger partial charge in [0.15, 0.2) is 0 Å². The van der Waals surface area contributed by atoms with Crippen molar-refractivity contribution in [3.8, 4) is 17.6 Å². The van der Waals surface area contributed by atoms with Gasteiger partial charge in [0.1, 0.15) is 12.4 Å². The fraction of sp³-hybridized carbons (Fsp3) is 0.429. The number of methoxy groups -OCH3 is 1. The van der Waals surface area contributed by atoms with E-state index in [2.05, 4.69) is 11.8 Å². The summed E-state index contributed by atoms with van der Waals surface area (Å²) in [5.41, 5.74) is 0.880. The van der Waals surface area contributed by atoms with E-state index in [1.807, 2.05) is 24.3 Å². The smallest absolute Gasteiger partial charge is 0.119 e. The minimum absolute atomic E-state index is 0.113. The first-order valence-electron chi connectivity index (χ1n) is 5.68. The molecule has 0 spiro atoms. The highest BCUT2D eigenvalue weighted by Gasteiger charge is 1.94. The summed E-state index contributed by atoms with van der Waals surface area (Å²) in [6.45, 7) is 1.36. The van der Waals surface area contributed by atoms with Gasteiger partial charge in [-0.05, 0) is 37.1 Å². The Balaban J connectivity index is 2.30. The summed E-state index contributed by atoms with van der Waals surface area (Å²) >= 11 is 0. The van der Waals surface area contributed by atoms with Crippen molar-refractivity contribution < 1.29 is 14.6 Å². The van der Waals surface area contributed by atoms with Crippen molar-refractivity contribution in [2.24, 2.45) is 0 Å². The van der Waals surface area contributed by atoms with Crippen LogP contribution in [0.15, 0.2) is 24.3 Å². The molecule has 0 saturated heterocycles. The van der Waals surface area contributed by atoms with Crippen molar-refractivity contribution in [3.05, 3.63) is 29.8 Å². The van der Waals surface area contributed by atoms with Crippen LogP contribution in [0.5, 0.6) is 5.75 Å². The zero-order valence-electron chi connectivity index (χ0n) is 10.1. The van der Waals surface area contributed by atoms with Gasteiger partial charge in [-0.1, -0.05) is 11.8 Å². The molecule has 0 fully saturated rings. The fourth-order valence-corrected chi connectivity index (χ4v) is 1.31. The third kappa shape index (κ3) is 5.96. The molecular weight excluding hydrogens is 216 g/mol. The van der Waals surface area contributed by atoms with Crippen molar-refractivity contribution in [2.75, 3.05) is 26.9 Å². The lowest BCUT2D eigenvalue weighted by molar-refractivity contribution is 0.184. The molecule has 0 heterocycles. The molecule has 0 atom stereocenters. The molecule has 1 rings (SSSR count). The number of ether oxygens (including phenoxy) is 2. The van der Waals surface area contributed by atoms with Gasteiger partial charge < -0.3 is 14.6 Å². The normalized spacial score (nSPS) is 9.53. The van der Waals surface area contributed by atoms with Crippen molar-refractivity contribution in [3.63, 3.8) is 0 Å². The topological polar surface area (TPSA) is 38.7 Å². The Bertz CT molecular complexity index is 359. The quantitative estimate of drug-likeness (QED) is 0.603. The lowest BCUT2D eigenvalue weighted by atomic mass is 10.2. The molecule has 1 aromatic rings. The van der Waals surface area contributed by atoms with Gasteiger partial charge in [-0.3, -0.25) is 0 Å². The Morgan fingerprint density at radius 1 is 1.12 bits per heavy atom. The third-order valence-electron chi connectivity index (χ3n) is 2.18. The first-order valence-corrected chi connectivity index (χ1v) is 5.68. The largest absolute Gasteiger partial charge is 0.494 e. The van der Waals surface area contributed by atoms with Crippen LogP contribution in [0.1, 0.15) is 18.4 Å². The zero-order chi connectivity index (χ0) is 12.3. The average molecular weight is 234 g/mol. The molecule has 0 unspecified atom stereocenters. The number of rotatable bonds is 6. The maximum absolute atomic E-state index is 8.56. The monoisotopic (exact) mass is 234 g/mol. The van der Waals surface area contributed by atoms with Crippen LogP contribution in [-0.2, 0) is 4.74 Å². The first kappa shape index (κ1) is 13.6. The predicted octanol–water partition coefficient (Wildman–Crippen LogP) is 1.84. The summed E-state index contributed by atoms with van der Waals surface area (Å²) in [4.78, 5) is 0. The lowest BCUT2D eigenvalue weighted by Gasteiger charge is -2.05. The Hall–Kier alpha value is -1.50. The molecule has 0 aliphatic heterocycles. The van der Waals surface area contributed by atoms with E-state index in [0.29, 0.717) is 6.61 Å². The average Bonchev–Trinajstić information content (AvgIpc) is 2.37. The van der Waals surface area contributed by atoms with E-state index in [1.165, 1.54) is 0 Å². The minimum atomic E-state index is -0.113. The first-order chi connectivity index (χ1) is 8.36. The van der Waals surface area contributed by atoms with E-state index < -0.39 is 0 Å². The van der Waals surface area contributed by atoms with E-state index in [4.69, 9.17) is 14.6 Å². The molecule has 0 saturated carbocycles. The molecule has 1 N–H and O–H groups in total. The van der Waals surface area contributed by atoms with Crippen molar-refractivity contribution in [1.29, 1.82) is 0 Å². The molecule has 0 radical (unpaired) electrons. The van der Waals surface area contributed by atoms with E-state index in [-0.39, 0.29) is 6.61 Å². The summed E-state index contributed by atoms with van der Waals surface area (Å²) in [5.74, 6) is 6.28. The molecule has 0 bridgehead atoms. The molecule has 0 aliphatic carbocycles. The van der Waals surface area contributed by atoms with Gasteiger partial charge in [-0.15, -0.1) is 0 Å². The van der Waals surface area contributed by atoms with E-state index in [0.717, 1.165) is 30.8 Å². The van der Waals surface area contributed by atoms with Gasteiger partial charge >= 0.3 is 0 Å². The number of benzene rings is 1. The van der Waals surface area contributed by atoms with E-state index in [9.17, 15) is 0 Å². The van der Waals surface area contributed by atoms with Crippen LogP contribution in [0, 0.1) is 11.8 Å². The molecule has 0 aromatic heterocycles. The second-order valence-corrected chi connectivity index (χ2v) is 3.53. The van der Waals surface area contributed by atoms with Gasteiger partial charge in [-0.2, -0.15) is 0 Å². The number of unbranched alkanes of at least 4 members (excludes halogenated alkanes) is 1. The summed E-state index contributed by atoms with van der Waals surface area (Å²) < 4.78 is 10.5. The Kier molecular flexibility index (Phi) is 6.89. The van der Waals surface area contributed by atoms with Crippen LogP contribution in [0.2, 0.25) is 0 Å². The highest BCUT2D eigenvalue weighted by molar-refractivity contribution is 5.38. The second kappa shape index (κ2) is 8.63. The molecule has 17 heavy (non-hydrogen) atoms. The molecule has 0 amide bonds. The van der Waals surface area contributed by atoms with Crippen molar-refractivity contribution in [2.45, 2.75) is 12.8 Å². The van der Waals surface area contributed by atoms with Crippen LogP contribution in [0.4, 0.5) is 0 Å². The van der Waals surface area contributed by atoms with Crippen LogP contribution >= 0.6 is 0 Å². The summed E-state index contributed by atoms with van der Waals surface area (Å²) in [6, 6.07) is 7.54. The fourth-order valence-electron chi connectivity index (χ4n) is 1.31. The highest BCUT2D eigenvalue weighted by atomic mass is 16.5. The standard InChI is InChI=1S/C14H18O3/c1-16-11-2-3-12-17-14-8-6-13(7-9-14)5-4-10-15/h6-9,15H,2-3,10-12H2,1H3. The van der Waals surface area contributed by atoms with Crippen LogP contribution in [0.3, 0.4) is 0 Å². The minimum Gasteiger partial charge on any atom is -0.494 e. The number of aliphatic hydroxyl groups excluding tert-OH is 1. The molecule has 3 heteroatoms. The molecule has 0 aliphatic rings. The van der Waals surface area contributed by atoms with Gasteiger partial charge in [0.25, 0.3) is 0 Å². The number of hydrogen-bond acceptors (Lipinski definition) is 3. The highest BCUT2D eigenvalue weighted by Crippen LogP contribution is 2.11. The summed E-state index contributed by atoms with van der Waals surface area (Å²) in [6.07, 6.45) is 2.00. The van der Waals surface area contributed by atoms with Gasteiger partial charge in [0.05, 0.1) is 6.61 Å². The zero-order valence-corrected chi connectivity index (χ0v) is 10.1. The Morgan fingerprint density at radius 3 is 2.47 bits per heavy atom. The van der Waals surface area contributed by atoms with Crippen LogP contribution in [-0.4, -0.2) is 32.0 Å². The molecule has 92 valence electrons.